The number of methoxy groups -OCH3 is 1. The van der Waals surface area contributed by atoms with E-state index in [0.717, 1.165) is 12.0 Å². The second-order valence-corrected chi connectivity index (χ2v) is 6.54. The summed E-state index contributed by atoms with van der Waals surface area (Å²) in [6, 6.07) is 9.99. The maximum atomic E-state index is 11.7. The van der Waals surface area contributed by atoms with Crippen molar-refractivity contribution in [1.29, 1.82) is 0 Å². The van der Waals surface area contributed by atoms with E-state index in [1.54, 1.807) is 0 Å². The molecular formula is C19H25NO3. The molecule has 1 aromatic carbocycles. The molecule has 0 aromatic heterocycles. The number of ether oxygens (including phenoxy) is 2. The van der Waals surface area contributed by atoms with E-state index in [0.29, 0.717) is 11.8 Å². The number of hydrogen-bond donors (Lipinski definition) is 0. The molecule has 0 N–H and O–H groups in total. The number of nitrogens with zero attached hydrogens (tertiary/aromatic N) is 1. The van der Waals surface area contributed by atoms with Crippen LogP contribution in [0.25, 0.3) is 0 Å². The smallest absolute Gasteiger partial charge is 0.309 e. The fourth-order valence-corrected chi connectivity index (χ4v) is 3.60. The summed E-state index contributed by atoms with van der Waals surface area (Å²) in [5.41, 5.74) is 0.980. The molecule has 1 fully saturated rings. The lowest BCUT2D eigenvalue weighted by Gasteiger charge is -2.25. The van der Waals surface area contributed by atoms with Gasteiger partial charge in [-0.15, -0.1) is 0 Å². The molecule has 2 unspecified atom stereocenters. The summed E-state index contributed by atoms with van der Waals surface area (Å²) in [6.07, 6.45) is 7.62. The Labute approximate surface area is 137 Å². The molecule has 23 heavy (non-hydrogen) atoms. The van der Waals surface area contributed by atoms with Crippen LogP contribution in [-0.4, -0.2) is 31.1 Å². The molecule has 0 spiro atoms. The Bertz CT molecular complexity index is 549. The molecule has 2 aliphatic rings. The predicted molar refractivity (Wildman–Crippen MR) is 89.5 cm³/mol. The Kier molecular flexibility index (Phi) is 5.31. The first-order valence-electron chi connectivity index (χ1n) is 8.63. The summed E-state index contributed by atoms with van der Waals surface area (Å²) in [7, 11) is 1.42. The minimum absolute atomic E-state index is 0.0624. The average Bonchev–Trinajstić information content (AvgIpc) is 2.99. The van der Waals surface area contributed by atoms with Crippen LogP contribution in [0.5, 0.6) is 0 Å². The molecule has 4 nitrogen and oxygen atoms in total. The van der Waals surface area contributed by atoms with Gasteiger partial charge in [-0.25, -0.2) is 4.99 Å². The number of hydrogen-bond acceptors (Lipinski definition) is 4. The van der Waals surface area contributed by atoms with Gasteiger partial charge in [0.2, 0.25) is 5.90 Å². The molecule has 1 aliphatic heterocycles. The van der Waals surface area contributed by atoms with Crippen LogP contribution in [-0.2, 0) is 14.3 Å². The van der Waals surface area contributed by atoms with E-state index in [9.17, 15) is 4.79 Å². The van der Waals surface area contributed by atoms with Crippen molar-refractivity contribution in [3.63, 3.8) is 0 Å². The lowest BCUT2D eigenvalue weighted by molar-refractivity contribution is -0.142. The maximum Gasteiger partial charge on any atom is 0.309 e. The molecule has 1 saturated carbocycles. The molecule has 1 aromatic rings. The fourth-order valence-electron chi connectivity index (χ4n) is 3.60. The van der Waals surface area contributed by atoms with Crippen molar-refractivity contribution in [2.75, 3.05) is 7.11 Å². The summed E-state index contributed by atoms with van der Waals surface area (Å²) in [6.45, 7) is 0. The maximum absolute atomic E-state index is 11.7. The SMILES string of the molecule is COC(=O)CC1OC(c2ccccc2)=NC1CC1CCCCC1. The van der Waals surface area contributed by atoms with Gasteiger partial charge in [0.15, 0.2) is 0 Å². The molecule has 2 atom stereocenters. The van der Waals surface area contributed by atoms with Crippen LogP contribution in [0.4, 0.5) is 0 Å². The monoisotopic (exact) mass is 315 g/mol. The van der Waals surface area contributed by atoms with Crippen LogP contribution < -0.4 is 0 Å². The Morgan fingerprint density at radius 2 is 1.96 bits per heavy atom. The number of esters is 1. The molecule has 0 radical (unpaired) electrons. The first kappa shape index (κ1) is 16.0. The molecular weight excluding hydrogens is 290 g/mol. The Morgan fingerprint density at radius 1 is 1.22 bits per heavy atom. The van der Waals surface area contributed by atoms with Crippen molar-refractivity contribution in [3.05, 3.63) is 35.9 Å². The third kappa shape index (κ3) is 4.12. The molecule has 1 heterocycles. The van der Waals surface area contributed by atoms with Gasteiger partial charge in [0.1, 0.15) is 6.10 Å². The fraction of sp³-hybridized carbons (Fsp3) is 0.579. The Hall–Kier alpha value is -1.84. The lowest BCUT2D eigenvalue weighted by atomic mass is 9.83. The van der Waals surface area contributed by atoms with Crippen molar-refractivity contribution >= 4 is 11.9 Å². The van der Waals surface area contributed by atoms with Gasteiger partial charge in [0.25, 0.3) is 0 Å². The number of carbonyl (C=O) groups is 1. The van der Waals surface area contributed by atoms with Gasteiger partial charge in [-0.1, -0.05) is 50.3 Å². The van der Waals surface area contributed by atoms with E-state index in [-0.39, 0.29) is 24.5 Å². The van der Waals surface area contributed by atoms with E-state index >= 15 is 0 Å². The first-order chi connectivity index (χ1) is 11.3. The van der Waals surface area contributed by atoms with Gasteiger partial charge in [0, 0.05) is 5.56 Å². The van der Waals surface area contributed by atoms with E-state index in [2.05, 4.69) is 0 Å². The molecule has 0 saturated heterocycles. The predicted octanol–water partition coefficient (Wildman–Crippen LogP) is 3.73. The minimum Gasteiger partial charge on any atom is -0.471 e. The van der Waals surface area contributed by atoms with Crippen LogP contribution in [0.2, 0.25) is 0 Å². The normalized spacial score (nSPS) is 24.8. The van der Waals surface area contributed by atoms with Gasteiger partial charge in [-0.3, -0.25) is 4.79 Å². The summed E-state index contributed by atoms with van der Waals surface area (Å²) in [5, 5.41) is 0. The standard InChI is InChI=1S/C19H25NO3/c1-22-18(21)13-17-16(12-14-8-4-2-5-9-14)20-19(23-17)15-10-6-3-7-11-15/h3,6-7,10-11,14,16-17H,2,4-5,8-9,12-13H2,1H3. The van der Waals surface area contributed by atoms with Gasteiger partial charge >= 0.3 is 5.97 Å². The molecule has 3 rings (SSSR count). The van der Waals surface area contributed by atoms with Gasteiger partial charge < -0.3 is 9.47 Å². The minimum atomic E-state index is -0.229. The van der Waals surface area contributed by atoms with Crippen molar-refractivity contribution < 1.29 is 14.3 Å². The largest absolute Gasteiger partial charge is 0.471 e. The van der Waals surface area contributed by atoms with Crippen LogP contribution >= 0.6 is 0 Å². The van der Waals surface area contributed by atoms with Crippen molar-refractivity contribution in [2.24, 2.45) is 10.9 Å². The summed E-state index contributed by atoms with van der Waals surface area (Å²) < 4.78 is 10.8. The lowest BCUT2D eigenvalue weighted by Crippen LogP contribution is -2.28. The van der Waals surface area contributed by atoms with Crippen LogP contribution in [0.3, 0.4) is 0 Å². The number of rotatable bonds is 5. The van der Waals surface area contributed by atoms with Crippen molar-refractivity contribution in [1.82, 2.24) is 0 Å². The molecule has 4 heteroatoms. The highest BCUT2D eigenvalue weighted by molar-refractivity contribution is 5.95. The third-order valence-electron chi connectivity index (χ3n) is 4.89. The van der Waals surface area contributed by atoms with E-state index in [1.165, 1.54) is 39.2 Å². The number of benzene rings is 1. The zero-order chi connectivity index (χ0) is 16.1. The van der Waals surface area contributed by atoms with Crippen LogP contribution in [0.15, 0.2) is 35.3 Å². The highest BCUT2D eigenvalue weighted by Crippen LogP contribution is 2.32. The zero-order valence-electron chi connectivity index (χ0n) is 13.7. The average molecular weight is 315 g/mol. The Morgan fingerprint density at radius 3 is 2.65 bits per heavy atom. The van der Waals surface area contributed by atoms with Crippen molar-refractivity contribution in [2.45, 2.75) is 57.1 Å². The van der Waals surface area contributed by atoms with E-state index < -0.39 is 0 Å². The van der Waals surface area contributed by atoms with E-state index in [4.69, 9.17) is 14.5 Å². The van der Waals surface area contributed by atoms with Crippen LogP contribution in [0, 0.1) is 5.92 Å². The summed E-state index contributed by atoms with van der Waals surface area (Å²) >= 11 is 0. The highest BCUT2D eigenvalue weighted by atomic mass is 16.5. The first-order valence-corrected chi connectivity index (χ1v) is 8.63. The van der Waals surface area contributed by atoms with E-state index in [1.807, 2.05) is 30.3 Å². The van der Waals surface area contributed by atoms with Gasteiger partial charge in [-0.05, 0) is 24.5 Å². The van der Waals surface area contributed by atoms with Gasteiger partial charge in [0.05, 0.1) is 19.6 Å². The summed E-state index contributed by atoms with van der Waals surface area (Å²) in [5.74, 6) is 1.14. The second kappa shape index (κ2) is 7.62. The van der Waals surface area contributed by atoms with Crippen LogP contribution in [0.1, 0.15) is 50.5 Å². The third-order valence-corrected chi connectivity index (χ3v) is 4.89. The topological polar surface area (TPSA) is 47.9 Å². The number of carbonyl (C=O) groups excluding carboxylic acids is 1. The van der Waals surface area contributed by atoms with Crippen molar-refractivity contribution in [3.8, 4) is 0 Å². The zero-order valence-corrected chi connectivity index (χ0v) is 13.7. The number of aliphatic imine (C=N–C) groups is 1. The Balaban J connectivity index is 1.72. The molecule has 124 valence electrons. The highest BCUT2D eigenvalue weighted by Gasteiger charge is 2.35. The summed E-state index contributed by atoms with van der Waals surface area (Å²) in [4.78, 5) is 16.5. The van der Waals surface area contributed by atoms with Gasteiger partial charge in [-0.2, -0.15) is 0 Å². The second-order valence-electron chi connectivity index (χ2n) is 6.54. The molecule has 0 amide bonds. The molecule has 1 aliphatic carbocycles. The molecule has 0 bridgehead atoms. The quantitative estimate of drug-likeness (QED) is 0.778.